The number of hydrogen-bond acceptors (Lipinski definition) is 6. The van der Waals surface area contributed by atoms with Crippen LogP contribution in [-0.2, 0) is 0 Å². The zero-order valence-electron chi connectivity index (χ0n) is 16.5. The van der Waals surface area contributed by atoms with Crippen molar-refractivity contribution in [3.05, 3.63) is 72.8 Å². The molecule has 0 radical (unpaired) electrons. The van der Waals surface area contributed by atoms with Crippen molar-refractivity contribution in [2.24, 2.45) is 0 Å². The normalized spacial score (nSPS) is 9.80. The van der Waals surface area contributed by atoms with E-state index in [0.717, 1.165) is 28.0 Å². The monoisotopic (exact) mass is 444 g/mol. The lowest BCUT2D eigenvalue weighted by atomic mass is 10.2. The fourth-order valence-corrected chi connectivity index (χ4v) is 2.90. The van der Waals surface area contributed by atoms with E-state index >= 15 is 0 Å². The molecule has 0 fully saturated rings. The number of nitrogens with one attached hydrogen (secondary N) is 2. The van der Waals surface area contributed by atoms with Crippen LogP contribution in [0.1, 0.15) is 0 Å². The number of benzene rings is 3. The van der Waals surface area contributed by atoms with Gasteiger partial charge in [-0.25, -0.2) is 4.98 Å². The lowest BCUT2D eigenvalue weighted by molar-refractivity contribution is 0.415. The SMILES string of the molecule is COc1ccc(Nc2nc(Nc3ccccc3)c3cccc(OC)c3n2)cc1.Cl.Cl. The Morgan fingerprint density at radius 1 is 0.667 bits per heavy atom. The van der Waals surface area contributed by atoms with Gasteiger partial charge in [0.1, 0.15) is 22.8 Å². The van der Waals surface area contributed by atoms with Crippen molar-refractivity contribution in [2.75, 3.05) is 24.9 Å². The van der Waals surface area contributed by atoms with Crippen LogP contribution in [0, 0.1) is 0 Å². The van der Waals surface area contributed by atoms with Crippen molar-refractivity contribution < 1.29 is 9.47 Å². The molecule has 0 aliphatic rings. The molecule has 0 saturated carbocycles. The van der Waals surface area contributed by atoms with E-state index < -0.39 is 0 Å². The van der Waals surface area contributed by atoms with Crippen LogP contribution < -0.4 is 20.1 Å². The maximum atomic E-state index is 5.51. The minimum atomic E-state index is 0. The molecule has 4 rings (SSSR count). The number of ether oxygens (including phenoxy) is 2. The Hall–Kier alpha value is -3.22. The van der Waals surface area contributed by atoms with Gasteiger partial charge in [0.25, 0.3) is 0 Å². The summed E-state index contributed by atoms with van der Waals surface area (Å²) >= 11 is 0. The molecule has 0 unspecified atom stereocenters. The average Bonchev–Trinajstić information content (AvgIpc) is 2.75. The van der Waals surface area contributed by atoms with Crippen molar-refractivity contribution in [3.8, 4) is 11.5 Å². The number of rotatable bonds is 6. The van der Waals surface area contributed by atoms with Gasteiger partial charge in [-0.1, -0.05) is 24.3 Å². The molecule has 0 amide bonds. The fourth-order valence-electron chi connectivity index (χ4n) is 2.90. The molecule has 156 valence electrons. The standard InChI is InChI=1S/C22H20N4O2.2ClH/c1-27-17-13-11-16(12-14-17)24-22-25-20-18(9-6-10-19(20)28-2)21(26-22)23-15-7-4-3-5-8-15;;/h3-14H,1-2H3,(H2,23,24,25,26);2*1H. The zero-order chi connectivity index (χ0) is 19.3. The Balaban J connectivity index is 0.00000160. The molecule has 4 aromatic rings. The van der Waals surface area contributed by atoms with Gasteiger partial charge in [-0.2, -0.15) is 4.98 Å². The first-order valence-corrected chi connectivity index (χ1v) is 8.85. The highest BCUT2D eigenvalue weighted by Gasteiger charge is 2.12. The highest BCUT2D eigenvalue weighted by molar-refractivity contribution is 5.95. The number of para-hydroxylation sites is 2. The predicted octanol–water partition coefficient (Wildman–Crippen LogP) is 5.98. The summed E-state index contributed by atoms with van der Waals surface area (Å²) in [5.41, 5.74) is 2.54. The lowest BCUT2D eigenvalue weighted by Crippen LogP contribution is -2.03. The van der Waals surface area contributed by atoms with E-state index in [1.54, 1.807) is 14.2 Å². The fraction of sp³-hybridized carbons (Fsp3) is 0.0909. The van der Waals surface area contributed by atoms with Crippen molar-refractivity contribution in [1.82, 2.24) is 9.97 Å². The first-order valence-electron chi connectivity index (χ1n) is 8.85. The number of nitrogens with zero attached hydrogens (tertiary/aromatic N) is 2. The zero-order valence-corrected chi connectivity index (χ0v) is 18.1. The second-order valence-corrected chi connectivity index (χ2v) is 6.10. The molecule has 3 aromatic carbocycles. The number of halogens is 2. The Kier molecular flexibility index (Phi) is 8.09. The Labute approximate surface area is 187 Å². The van der Waals surface area contributed by atoms with E-state index in [2.05, 4.69) is 20.6 Å². The van der Waals surface area contributed by atoms with Crippen molar-refractivity contribution in [1.29, 1.82) is 0 Å². The first kappa shape index (κ1) is 23.1. The lowest BCUT2D eigenvalue weighted by Gasteiger charge is -2.13. The van der Waals surface area contributed by atoms with E-state index in [9.17, 15) is 0 Å². The van der Waals surface area contributed by atoms with Gasteiger partial charge >= 0.3 is 0 Å². The summed E-state index contributed by atoms with van der Waals surface area (Å²) in [4.78, 5) is 9.36. The van der Waals surface area contributed by atoms with E-state index in [1.807, 2.05) is 72.8 Å². The van der Waals surface area contributed by atoms with Crippen molar-refractivity contribution in [2.45, 2.75) is 0 Å². The minimum absolute atomic E-state index is 0. The molecule has 0 bridgehead atoms. The highest BCUT2D eigenvalue weighted by atomic mass is 35.5. The molecular formula is C22H22Cl2N4O2. The smallest absolute Gasteiger partial charge is 0.229 e. The van der Waals surface area contributed by atoms with Gasteiger partial charge in [-0.05, 0) is 48.5 Å². The van der Waals surface area contributed by atoms with Crippen LogP contribution in [0.5, 0.6) is 11.5 Å². The van der Waals surface area contributed by atoms with E-state index in [1.165, 1.54) is 0 Å². The summed E-state index contributed by atoms with van der Waals surface area (Å²) in [6.07, 6.45) is 0. The topological polar surface area (TPSA) is 68.3 Å². The molecule has 0 saturated heterocycles. The van der Waals surface area contributed by atoms with Crippen molar-refractivity contribution >= 4 is 58.9 Å². The van der Waals surface area contributed by atoms with Crippen LogP contribution in [0.3, 0.4) is 0 Å². The molecule has 0 atom stereocenters. The number of aromatic nitrogens is 2. The molecule has 1 aromatic heterocycles. The molecule has 0 aliphatic carbocycles. The van der Waals surface area contributed by atoms with E-state index in [4.69, 9.17) is 9.47 Å². The molecule has 1 heterocycles. The van der Waals surface area contributed by atoms with Gasteiger partial charge in [-0.15, -0.1) is 24.8 Å². The number of methoxy groups -OCH3 is 2. The second-order valence-electron chi connectivity index (χ2n) is 6.10. The summed E-state index contributed by atoms with van der Waals surface area (Å²) in [5.74, 6) is 2.65. The van der Waals surface area contributed by atoms with Gasteiger partial charge in [-0.3, -0.25) is 0 Å². The Bertz CT molecular complexity index is 1090. The third-order valence-electron chi connectivity index (χ3n) is 4.29. The van der Waals surface area contributed by atoms with Crippen LogP contribution in [0.15, 0.2) is 72.8 Å². The van der Waals surface area contributed by atoms with Crippen LogP contribution in [0.25, 0.3) is 10.9 Å². The summed E-state index contributed by atoms with van der Waals surface area (Å²) < 4.78 is 10.7. The third kappa shape index (κ3) is 5.03. The van der Waals surface area contributed by atoms with E-state index in [-0.39, 0.29) is 24.8 Å². The number of anilines is 4. The molecule has 0 spiro atoms. The van der Waals surface area contributed by atoms with Gasteiger partial charge in [0.05, 0.1) is 14.2 Å². The van der Waals surface area contributed by atoms with Gasteiger partial charge in [0, 0.05) is 16.8 Å². The Morgan fingerprint density at radius 2 is 1.37 bits per heavy atom. The highest BCUT2D eigenvalue weighted by Crippen LogP contribution is 2.31. The van der Waals surface area contributed by atoms with Crippen LogP contribution in [0.2, 0.25) is 0 Å². The van der Waals surface area contributed by atoms with Gasteiger partial charge in [0.2, 0.25) is 5.95 Å². The molecule has 30 heavy (non-hydrogen) atoms. The maximum Gasteiger partial charge on any atom is 0.229 e. The molecule has 8 heteroatoms. The minimum Gasteiger partial charge on any atom is -0.497 e. The number of fused-ring (bicyclic) bond motifs is 1. The summed E-state index contributed by atoms with van der Waals surface area (Å²) in [6.45, 7) is 0. The quantitative estimate of drug-likeness (QED) is 0.381. The van der Waals surface area contributed by atoms with Crippen LogP contribution >= 0.6 is 24.8 Å². The predicted molar refractivity (Wildman–Crippen MR) is 127 cm³/mol. The molecule has 0 aliphatic heterocycles. The van der Waals surface area contributed by atoms with Crippen LogP contribution in [-0.4, -0.2) is 24.2 Å². The summed E-state index contributed by atoms with van der Waals surface area (Å²) in [6, 6.07) is 23.3. The molecular weight excluding hydrogens is 423 g/mol. The number of hydrogen-bond donors (Lipinski definition) is 2. The van der Waals surface area contributed by atoms with Crippen molar-refractivity contribution in [3.63, 3.8) is 0 Å². The first-order chi connectivity index (χ1) is 13.8. The van der Waals surface area contributed by atoms with Gasteiger partial charge < -0.3 is 20.1 Å². The maximum absolute atomic E-state index is 5.51. The largest absolute Gasteiger partial charge is 0.497 e. The average molecular weight is 445 g/mol. The summed E-state index contributed by atoms with van der Waals surface area (Å²) in [7, 11) is 3.28. The Morgan fingerprint density at radius 3 is 2.03 bits per heavy atom. The molecule has 6 nitrogen and oxygen atoms in total. The van der Waals surface area contributed by atoms with E-state index in [0.29, 0.717) is 17.5 Å². The van der Waals surface area contributed by atoms with Gasteiger partial charge in [0.15, 0.2) is 0 Å². The third-order valence-corrected chi connectivity index (χ3v) is 4.29. The van der Waals surface area contributed by atoms with Crippen LogP contribution in [0.4, 0.5) is 23.1 Å². The summed E-state index contributed by atoms with van der Waals surface area (Å²) in [5, 5.41) is 7.51. The molecule has 2 N–H and O–H groups in total. The second kappa shape index (κ2) is 10.5.